The van der Waals surface area contributed by atoms with Gasteiger partial charge in [0.1, 0.15) is 6.10 Å². The fourth-order valence-corrected chi connectivity index (χ4v) is 1.57. The fraction of sp³-hybridized carbons (Fsp3) is 0.778. The van der Waals surface area contributed by atoms with E-state index in [0.29, 0.717) is 12.5 Å². The highest BCUT2D eigenvalue weighted by atomic mass is 16.3. The summed E-state index contributed by atoms with van der Waals surface area (Å²) in [7, 11) is 3.45. The summed E-state index contributed by atoms with van der Waals surface area (Å²) in [5, 5.41) is 9.46. The van der Waals surface area contributed by atoms with Crippen LogP contribution in [0.25, 0.3) is 0 Å². The van der Waals surface area contributed by atoms with Crippen molar-refractivity contribution < 1.29 is 9.90 Å². The summed E-state index contributed by atoms with van der Waals surface area (Å²) >= 11 is 0. The number of aliphatic hydroxyl groups is 1. The van der Waals surface area contributed by atoms with E-state index in [-0.39, 0.29) is 11.8 Å². The standard InChI is InChI=1S/C9H16NO2/c1-10(2)9(12)7-5-3-4-6-8(7)11/h7,11H,3-6H2,1-2H3. The molecule has 3 nitrogen and oxygen atoms in total. The molecule has 1 N–H and O–H groups in total. The summed E-state index contributed by atoms with van der Waals surface area (Å²) in [5.74, 6) is -0.194. The highest BCUT2D eigenvalue weighted by Gasteiger charge is 2.30. The minimum atomic E-state index is -0.228. The predicted molar refractivity (Wildman–Crippen MR) is 45.8 cm³/mol. The average molecular weight is 170 g/mol. The predicted octanol–water partition coefficient (Wildman–Crippen LogP) is 1.17. The normalized spacial score (nSPS) is 25.4. The van der Waals surface area contributed by atoms with Crippen molar-refractivity contribution in [1.29, 1.82) is 0 Å². The molecule has 1 fully saturated rings. The maximum absolute atomic E-state index is 11.5. The van der Waals surface area contributed by atoms with Gasteiger partial charge in [0.05, 0.1) is 5.92 Å². The third-order valence-corrected chi connectivity index (χ3v) is 2.32. The Labute approximate surface area is 73.4 Å². The zero-order chi connectivity index (χ0) is 9.14. The monoisotopic (exact) mass is 170 g/mol. The van der Waals surface area contributed by atoms with Crippen LogP contribution < -0.4 is 0 Å². The second kappa shape index (κ2) is 3.90. The molecule has 1 atom stereocenters. The lowest BCUT2D eigenvalue weighted by Crippen LogP contribution is -2.34. The summed E-state index contributed by atoms with van der Waals surface area (Å²) < 4.78 is 0. The Hall–Kier alpha value is -0.570. The summed E-state index contributed by atoms with van der Waals surface area (Å²) in [6.45, 7) is 0. The Morgan fingerprint density at radius 3 is 2.67 bits per heavy atom. The number of hydrogen-bond donors (Lipinski definition) is 1. The zero-order valence-electron chi connectivity index (χ0n) is 7.71. The molecule has 0 aromatic heterocycles. The Morgan fingerprint density at radius 2 is 2.17 bits per heavy atom. The Kier molecular flexibility index (Phi) is 3.09. The average Bonchev–Trinajstić information content (AvgIpc) is 2.04. The van der Waals surface area contributed by atoms with E-state index in [1.54, 1.807) is 19.0 Å². The first-order chi connectivity index (χ1) is 5.63. The SMILES string of the molecule is CN(C)C(=O)C1CCCC[C]1O. The molecule has 3 heteroatoms. The van der Waals surface area contributed by atoms with Crippen molar-refractivity contribution in [2.75, 3.05) is 14.1 Å². The first kappa shape index (κ1) is 9.52. The van der Waals surface area contributed by atoms with Gasteiger partial charge in [0, 0.05) is 14.1 Å². The molecule has 69 valence electrons. The van der Waals surface area contributed by atoms with E-state index in [9.17, 15) is 9.90 Å². The van der Waals surface area contributed by atoms with Gasteiger partial charge >= 0.3 is 0 Å². The van der Waals surface area contributed by atoms with Crippen LogP contribution in [0, 0.1) is 12.0 Å². The van der Waals surface area contributed by atoms with E-state index in [1.807, 2.05) is 0 Å². The van der Waals surface area contributed by atoms with Gasteiger partial charge in [-0.3, -0.25) is 4.79 Å². The molecule has 0 heterocycles. The van der Waals surface area contributed by atoms with Crippen LogP contribution in [0.5, 0.6) is 0 Å². The molecule has 12 heavy (non-hydrogen) atoms. The molecular formula is C9H16NO2. The van der Waals surface area contributed by atoms with E-state index < -0.39 is 0 Å². The van der Waals surface area contributed by atoms with Crippen LogP contribution >= 0.6 is 0 Å². The van der Waals surface area contributed by atoms with Gasteiger partial charge in [0.15, 0.2) is 0 Å². The smallest absolute Gasteiger partial charge is 0.228 e. The van der Waals surface area contributed by atoms with Gasteiger partial charge in [0.2, 0.25) is 5.91 Å². The van der Waals surface area contributed by atoms with Gasteiger partial charge in [-0.1, -0.05) is 12.8 Å². The van der Waals surface area contributed by atoms with Crippen molar-refractivity contribution in [1.82, 2.24) is 4.90 Å². The first-order valence-electron chi connectivity index (χ1n) is 4.38. The lowest BCUT2D eigenvalue weighted by atomic mass is 9.86. The number of carbonyl (C=O) groups is 1. The van der Waals surface area contributed by atoms with Crippen molar-refractivity contribution in [2.45, 2.75) is 25.7 Å². The third kappa shape index (κ3) is 1.97. The molecule has 0 aliphatic heterocycles. The molecule has 1 aliphatic rings. The second-order valence-electron chi connectivity index (χ2n) is 3.52. The van der Waals surface area contributed by atoms with E-state index in [4.69, 9.17) is 0 Å². The van der Waals surface area contributed by atoms with Crippen LogP contribution in [-0.4, -0.2) is 30.0 Å². The lowest BCUT2D eigenvalue weighted by Gasteiger charge is -2.27. The van der Waals surface area contributed by atoms with Gasteiger partial charge in [-0.25, -0.2) is 0 Å². The molecule has 1 radical (unpaired) electrons. The van der Waals surface area contributed by atoms with Gasteiger partial charge in [-0.2, -0.15) is 0 Å². The third-order valence-electron chi connectivity index (χ3n) is 2.32. The zero-order valence-corrected chi connectivity index (χ0v) is 7.71. The molecule has 1 amide bonds. The Bertz CT molecular complexity index is 168. The van der Waals surface area contributed by atoms with Crippen molar-refractivity contribution in [2.24, 2.45) is 5.92 Å². The van der Waals surface area contributed by atoms with Crippen LogP contribution in [0.2, 0.25) is 0 Å². The van der Waals surface area contributed by atoms with Crippen molar-refractivity contribution in [3.8, 4) is 0 Å². The van der Waals surface area contributed by atoms with Crippen LogP contribution in [0.3, 0.4) is 0 Å². The molecule has 0 aromatic rings. The maximum Gasteiger partial charge on any atom is 0.228 e. The molecule has 1 rings (SSSR count). The largest absolute Gasteiger partial charge is 0.386 e. The molecule has 1 unspecified atom stereocenters. The number of nitrogens with zero attached hydrogens (tertiary/aromatic N) is 1. The highest BCUT2D eigenvalue weighted by Crippen LogP contribution is 2.30. The minimum absolute atomic E-state index is 0.0344. The van der Waals surface area contributed by atoms with E-state index >= 15 is 0 Å². The minimum Gasteiger partial charge on any atom is -0.386 e. The van der Waals surface area contributed by atoms with Gasteiger partial charge < -0.3 is 10.0 Å². The Morgan fingerprint density at radius 1 is 1.50 bits per heavy atom. The number of hydrogen-bond acceptors (Lipinski definition) is 2. The number of aliphatic hydroxyl groups excluding tert-OH is 1. The molecule has 1 saturated carbocycles. The molecule has 0 saturated heterocycles. The lowest BCUT2D eigenvalue weighted by molar-refractivity contribution is -0.134. The van der Waals surface area contributed by atoms with E-state index in [0.717, 1.165) is 19.3 Å². The molecule has 0 spiro atoms. The number of rotatable bonds is 1. The summed E-state index contributed by atoms with van der Waals surface area (Å²) in [5.41, 5.74) is 0. The maximum atomic E-state index is 11.5. The number of carbonyl (C=O) groups excluding carboxylic acids is 1. The van der Waals surface area contributed by atoms with Gasteiger partial charge in [-0.15, -0.1) is 0 Å². The van der Waals surface area contributed by atoms with Crippen molar-refractivity contribution in [3.63, 3.8) is 0 Å². The van der Waals surface area contributed by atoms with E-state index in [1.165, 1.54) is 0 Å². The topological polar surface area (TPSA) is 40.5 Å². The summed E-state index contributed by atoms with van der Waals surface area (Å²) in [6, 6.07) is 0. The van der Waals surface area contributed by atoms with Crippen molar-refractivity contribution >= 4 is 5.91 Å². The second-order valence-corrected chi connectivity index (χ2v) is 3.52. The first-order valence-corrected chi connectivity index (χ1v) is 4.38. The number of amides is 1. The summed E-state index contributed by atoms with van der Waals surface area (Å²) in [4.78, 5) is 13.0. The van der Waals surface area contributed by atoms with Crippen LogP contribution in [0.1, 0.15) is 25.7 Å². The quantitative estimate of drug-likeness (QED) is 0.641. The fourth-order valence-electron chi connectivity index (χ4n) is 1.57. The molecule has 0 aromatic carbocycles. The van der Waals surface area contributed by atoms with Crippen LogP contribution in [0.15, 0.2) is 0 Å². The van der Waals surface area contributed by atoms with Crippen LogP contribution in [0.4, 0.5) is 0 Å². The highest BCUT2D eigenvalue weighted by molar-refractivity contribution is 5.80. The van der Waals surface area contributed by atoms with Gasteiger partial charge in [0.25, 0.3) is 0 Å². The van der Waals surface area contributed by atoms with Gasteiger partial charge in [-0.05, 0) is 12.8 Å². The Balaban J connectivity index is 2.53. The molecular weight excluding hydrogens is 154 g/mol. The molecule has 0 bridgehead atoms. The molecule has 1 aliphatic carbocycles. The van der Waals surface area contributed by atoms with Crippen LogP contribution in [-0.2, 0) is 4.79 Å². The van der Waals surface area contributed by atoms with Crippen molar-refractivity contribution in [3.05, 3.63) is 6.10 Å². The van der Waals surface area contributed by atoms with E-state index in [2.05, 4.69) is 0 Å². The summed E-state index contributed by atoms with van der Waals surface area (Å²) in [6.07, 6.45) is 3.95.